The first-order valence-electron chi connectivity index (χ1n) is 6.40. The van der Waals surface area contributed by atoms with E-state index in [1.54, 1.807) is 30.3 Å². The normalized spacial score (nSPS) is 20.4. The zero-order chi connectivity index (χ0) is 15.7. The number of carbonyl (C=O) groups excluding carboxylic acids is 2. The van der Waals surface area contributed by atoms with Crippen molar-refractivity contribution in [1.29, 1.82) is 0 Å². The molecule has 2 aromatic rings. The van der Waals surface area contributed by atoms with Crippen molar-refractivity contribution in [3.8, 4) is 0 Å². The Bertz CT molecular complexity index is 832. The number of carbonyl (C=O) groups is 2. The summed E-state index contributed by atoms with van der Waals surface area (Å²) in [6.45, 7) is 0. The molecule has 0 amide bonds. The lowest BCUT2D eigenvalue weighted by Crippen LogP contribution is -2.20. The van der Waals surface area contributed by atoms with E-state index in [-0.39, 0.29) is 16.0 Å². The minimum absolute atomic E-state index is 0.0361. The number of ketones is 1. The van der Waals surface area contributed by atoms with Crippen LogP contribution in [-0.4, -0.2) is 31.2 Å². The predicted octanol–water partition coefficient (Wildman–Crippen LogP) is 1.64. The van der Waals surface area contributed by atoms with Crippen LogP contribution in [0.4, 0.5) is 0 Å². The molecule has 0 spiro atoms. The maximum Gasteiger partial charge on any atom is 0.268 e. The molecule has 0 N–H and O–H groups in total. The van der Waals surface area contributed by atoms with Crippen LogP contribution in [0.5, 0.6) is 0 Å². The molecule has 112 valence electrons. The van der Waals surface area contributed by atoms with Gasteiger partial charge in [0.2, 0.25) is 12.0 Å². The minimum atomic E-state index is -3.89. The van der Waals surface area contributed by atoms with Crippen molar-refractivity contribution in [2.24, 2.45) is 0 Å². The SMILES string of the molecule is O=Cc1ccccc1C(=O)C1ON1S(=O)(=O)c1ccccc1. The topological polar surface area (TPSA) is 83.8 Å². The van der Waals surface area contributed by atoms with E-state index in [2.05, 4.69) is 0 Å². The van der Waals surface area contributed by atoms with Crippen molar-refractivity contribution in [3.63, 3.8) is 0 Å². The zero-order valence-electron chi connectivity index (χ0n) is 11.2. The number of hydrogen-bond acceptors (Lipinski definition) is 5. The molecule has 0 aliphatic carbocycles. The lowest BCUT2D eigenvalue weighted by molar-refractivity contribution is 0.0948. The van der Waals surface area contributed by atoms with E-state index in [1.807, 2.05) is 0 Å². The molecule has 6 nitrogen and oxygen atoms in total. The molecule has 22 heavy (non-hydrogen) atoms. The van der Waals surface area contributed by atoms with Crippen LogP contribution in [0.15, 0.2) is 59.5 Å². The summed E-state index contributed by atoms with van der Waals surface area (Å²) in [5, 5.41) is 0. The van der Waals surface area contributed by atoms with Crippen molar-refractivity contribution in [1.82, 2.24) is 4.47 Å². The number of hydroxylamine groups is 1. The molecular weight excluding hydrogens is 306 g/mol. The van der Waals surface area contributed by atoms with Crippen molar-refractivity contribution in [3.05, 3.63) is 65.7 Å². The van der Waals surface area contributed by atoms with Crippen LogP contribution < -0.4 is 0 Å². The molecule has 2 atom stereocenters. The molecule has 3 rings (SSSR count). The fraction of sp³-hybridized carbons (Fsp3) is 0.0667. The van der Waals surface area contributed by atoms with Crippen LogP contribution in [0.3, 0.4) is 0 Å². The van der Waals surface area contributed by atoms with Gasteiger partial charge < -0.3 is 0 Å². The molecule has 2 unspecified atom stereocenters. The van der Waals surface area contributed by atoms with Gasteiger partial charge in [0.25, 0.3) is 10.0 Å². The first-order chi connectivity index (χ1) is 10.6. The first-order valence-corrected chi connectivity index (χ1v) is 7.84. The van der Waals surface area contributed by atoms with Gasteiger partial charge in [-0.1, -0.05) is 42.5 Å². The molecule has 0 radical (unpaired) electrons. The second kappa shape index (κ2) is 5.45. The third kappa shape index (κ3) is 2.45. The highest BCUT2D eigenvalue weighted by atomic mass is 32.2. The van der Waals surface area contributed by atoms with E-state index in [0.717, 1.165) is 0 Å². The van der Waals surface area contributed by atoms with E-state index in [9.17, 15) is 18.0 Å². The highest BCUT2D eigenvalue weighted by Crippen LogP contribution is 2.32. The Kier molecular flexibility index (Phi) is 3.61. The third-order valence-corrected chi connectivity index (χ3v) is 4.82. The molecular formula is C15H11NO5S. The molecule has 1 saturated heterocycles. The Hall–Kier alpha value is -2.35. The van der Waals surface area contributed by atoms with Crippen LogP contribution in [0.25, 0.3) is 0 Å². The van der Waals surface area contributed by atoms with E-state index in [1.165, 1.54) is 24.3 Å². The van der Waals surface area contributed by atoms with E-state index < -0.39 is 22.0 Å². The first kappa shape index (κ1) is 14.6. The number of sulfonamides is 1. The van der Waals surface area contributed by atoms with E-state index >= 15 is 0 Å². The van der Waals surface area contributed by atoms with Crippen LogP contribution >= 0.6 is 0 Å². The van der Waals surface area contributed by atoms with Gasteiger partial charge in [-0.2, -0.15) is 0 Å². The van der Waals surface area contributed by atoms with Crippen LogP contribution in [0.2, 0.25) is 0 Å². The summed E-state index contributed by atoms with van der Waals surface area (Å²) >= 11 is 0. The molecule has 0 aromatic heterocycles. The summed E-state index contributed by atoms with van der Waals surface area (Å²) in [4.78, 5) is 28.2. The molecule has 7 heteroatoms. The second-order valence-electron chi connectivity index (χ2n) is 4.60. The van der Waals surface area contributed by atoms with E-state index in [0.29, 0.717) is 10.8 Å². The molecule has 0 saturated carbocycles. The average molecular weight is 317 g/mol. The Balaban J connectivity index is 1.86. The molecule has 1 aliphatic rings. The number of aldehydes is 1. The minimum Gasteiger partial charge on any atom is -0.298 e. The quantitative estimate of drug-likeness (QED) is 0.475. The Morgan fingerprint density at radius 3 is 2.36 bits per heavy atom. The molecule has 0 bridgehead atoms. The number of Topliss-reactive ketones (excluding diaryl/α,β-unsaturated/α-hetero) is 1. The van der Waals surface area contributed by atoms with Gasteiger partial charge in [-0.25, -0.2) is 13.3 Å². The Morgan fingerprint density at radius 1 is 1.05 bits per heavy atom. The number of benzene rings is 2. The largest absolute Gasteiger partial charge is 0.298 e. The fourth-order valence-electron chi connectivity index (χ4n) is 2.05. The maximum atomic E-state index is 12.3. The number of nitrogens with zero attached hydrogens (tertiary/aromatic N) is 1. The summed E-state index contributed by atoms with van der Waals surface area (Å²) in [6, 6.07) is 13.8. The van der Waals surface area contributed by atoms with Gasteiger partial charge in [0.05, 0.1) is 4.90 Å². The smallest absolute Gasteiger partial charge is 0.268 e. The predicted molar refractivity (Wildman–Crippen MR) is 76.5 cm³/mol. The number of hydrogen-bond donors (Lipinski definition) is 0. The van der Waals surface area contributed by atoms with Gasteiger partial charge in [0.1, 0.15) is 0 Å². The Labute approximate surface area is 126 Å². The summed E-state index contributed by atoms with van der Waals surface area (Å²) in [7, 11) is -3.89. The van der Waals surface area contributed by atoms with E-state index in [4.69, 9.17) is 4.84 Å². The molecule has 1 aliphatic heterocycles. The van der Waals surface area contributed by atoms with Crippen LogP contribution in [0, 0.1) is 0 Å². The highest BCUT2D eigenvalue weighted by Gasteiger charge is 2.52. The van der Waals surface area contributed by atoms with Gasteiger partial charge in [0.15, 0.2) is 6.29 Å². The Morgan fingerprint density at radius 2 is 1.68 bits per heavy atom. The highest BCUT2D eigenvalue weighted by molar-refractivity contribution is 7.89. The second-order valence-corrected chi connectivity index (χ2v) is 6.38. The molecule has 2 aromatic carbocycles. The zero-order valence-corrected chi connectivity index (χ0v) is 12.1. The average Bonchev–Trinajstić information content (AvgIpc) is 3.36. The summed E-state index contributed by atoms with van der Waals surface area (Å²) in [5.41, 5.74) is 0.327. The monoisotopic (exact) mass is 317 g/mol. The maximum absolute atomic E-state index is 12.3. The lowest BCUT2D eigenvalue weighted by Gasteiger charge is -2.02. The lowest BCUT2D eigenvalue weighted by atomic mass is 10.0. The van der Waals surface area contributed by atoms with Gasteiger partial charge in [-0.15, -0.1) is 0 Å². The van der Waals surface area contributed by atoms with Crippen molar-refractivity contribution in [2.75, 3.05) is 0 Å². The molecule has 1 fully saturated rings. The van der Waals surface area contributed by atoms with Crippen molar-refractivity contribution >= 4 is 22.1 Å². The third-order valence-electron chi connectivity index (χ3n) is 3.21. The number of rotatable bonds is 5. The summed E-state index contributed by atoms with van der Waals surface area (Å²) < 4.78 is 25.2. The fourth-order valence-corrected chi connectivity index (χ4v) is 3.30. The summed E-state index contributed by atoms with van der Waals surface area (Å²) in [6.07, 6.45) is -0.683. The van der Waals surface area contributed by atoms with Crippen molar-refractivity contribution in [2.45, 2.75) is 11.1 Å². The van der Waals surface area contributed by atoms with Crippen LogP contribution in [0.1, 0.15) is 20.7 Å². The van der Waals surface area contributed by atoms with Crippen LogP contribution in [-0.2, 0) is 14.9 Å². The van der Waals surface area contributed by atoms with Gasteiger partial charge >= 0.3 is 0 Å². The van der Waals surface area contributed by atoms with Crippen molar-refractivity contribution < 1.29 is 22.8 Å². The molecule has 1 heterocycles. The van der Waals surface area contributed by atoms with Gasteiger partial charge in [0, 0.05) is 11.1 Å². The van der Waals surface area contributed by atoms with Gasteiger partial charge in [-0.3, -0.25) is 9.59 Å². The summed E-state index contributed by atoms with van der Waals surface area (Å²) in [5.74, 6) is -0.567. The van der Waals surface area contributed by atoms with Gasteiger partial charge in [-0.05, 0) is 16.6 Å². The standard InChI is InChI=1S/C15H11NO5S/c17-10-11-6-4-5-9-13(11)14(18)15-16(21-15)22(19,20)12-7-2-1-3-8-12/h1-10,15H.